The zero-order valence-corrected chi connectivity index (χ0v) is 4.91. The van der Waals surface area contributed by atoms with Crippen molar-refractivity contribution in [1.29, 1.82) is 0 Å². The molecule has 0 N–H and O–H groups in total. The molecule has 0 spiro atoms. The molecule has 0 bridgehead atoms. The maximum Gasteiger partial charge on any atom is 0.148 e. The van der Waals surface area contributed by atoms with E-state index in [0.717, 1.165) is 0 Å². The van der Waals surface area contributed by atoms with Crippen LogP contribution in [0.15, 0.2) is 0 Å². The van der Waals surface area contributed by atoms with Crippen molar-refractivity contribution >= 4 is 10.7 Å². The van der Waals surface area contributed by atoms with Gasteiger partial charge in [-0.25, -0.2) is 17.2 Å². The number of thiol groups is 1. The van der Waals surface area contributed by atoms with Gasteiger partial charge in [0.25, 0.3) is 0 Å². The van der Waals surface area contributed by atoms with Crippen molar-refractivity contribution in [2.75, 3.05) is 13.3 Å². The summed E-state index contributed by atoms with van der Waals surface area (Å²) in [5, 5.41) is -1.43. The van der Waals surface area contributed by atoms with Gasteiger partial charge >= 0.3 is 0 Å². The van der Waals surface area contributed by atoms with Crippen molar-refractivity contribution < 1.29 is 17.2 Å². The summed E-state index contributed by atoms with van der Waals surface area (Å²) in [7, 11) is -2.91. The minimum absolute atomic E-state index is 1.13. The van der Waals surface area contributed by atoms with Crippen LogP contribution in [-0.2, 0) is 10.7 Å². The summed E-state index contributed by atoms with van der Waals surface area (Å²) in [5.41, 5.74) is 0. The molecule has 0 saturated carbocycles. The smallest absolute Gasteiger partial charge is 0.148 e. The van der Waals surface area contributed by atoms with E-state index in [-0.39, 0.29) is 0 Å². The van der Waals surface area contributed by atoms with Gasteiger partial charge in [-0.3, -0.25) is 0 Å². The summed E-state index contributed by atoms with van der Waals surface area (Å²) in [4.78, 5) is 0. The first-order valence-corrected chi connectivity index (χ1v) is 3.22. The average molecular weight is 144 g/mol. The van der Waals surface area contributed by atoms with Crippen LogP contribution in [0.1, 0.15) is 0 Å². The Kier molecular flexibility index (Phi) is 3.68. The lowest BCUT2D eigenvalue weighted by molar-refractivity contribution is 0.398. The van der Waals surface area contributed by atoms with E-state index in [4.69, 9.17) is 0 Å². The molecular formula is C3H6F2O2S. The number of alkyl halides is 2. The van der Waals surface area contributed by atoms with Gasteiger partial charge in [0.1, 0.15) is 29.3 Å². The Bertz CT molecular complexity index is 110. The fourth-order valence-corrected chi connectivity index (χ4v) is 0.379. The molecule has 0 heterocycles. The van der Waals surface area contributed by atoms with Gasteiger partial charge in [0, 0.05) is 0 Å². The van der Waals surface area contributed by atoms with Crippen LogP contribution in [0.5, 0.6) is 0 Å². The van der Waals surface area contributed by atoms with Crippen LogP contribution < -0.4 is 0 Å². The summed E-state index contributed by atoms with van der Waals surface area (Å²) < 4.78 is 42.0. The highest BCUT2D eigenvalue weighted by Gasteiger charge is 2.08. The zero-order valence-electron chi connectivity index (χ0n) is 4.01. The molecule has 0 aromatic heterocycles. The maximum absolute atomic E-state index is 11.3. The molecular weight excluding hydrogens is 138 g/mol. The Morgan fingerprint density at radius 1 is 1.25 bits per heavy atom. The molecule has 5 heteroatoms. The lowest BCUT2D eigenvalue weighted by Crippen LogP contribution is -2.13. The van der Waals surface area contributed by atoms with Gasteiger partial charge in [-0.1, -0.05) is 0 Å². The van der Waals surface area contributed by atoms with E-state index in [2.05, 4.69) is 0 Å². The SMILES string of the molecule is O=[SH](=O)C(CF)CF. The molecule has 0 amide bonds. The molecule has 8 heavy (non-hydrogen) atoms. The Morgan fingerprint density at radius 2 is 1.62 bits per heavy atom. The zero-order chi connectivity index (χ0) is 6.57. The van der Waals surface area contributed by atoms with Crippen LogP contribution in [0, 0.1) is 0 Å². The van der Waals surface area contributed by atoms with Crippen LogP contribution in [0.25, 0.3) is 0 Å². The Labute approximate surface area is 47.5 Å². The first-order valence-electron chi connectivity index (χ1n) is 1.97. The van der Waals surface area contributed by atoms with Crippen molar-refractivity contribution in [1.82, 2.24) is 0 Å². The first-order chi connectivity index (χ1) is 3.72. The predicted molar refractivity (Wildman–Crippen MR) is 26.1 cm³/mol. The Morgan fingerprint density at radius 3 is 1.62 bits per heavy atom. The van der Waals surface area contributed by atoms with Crippen LogP contribution in [0.4, 0.5) is 8.78 Å². The summed E-state index contributed by atoms with van der Waals surface area (Å²) >= 11 is 0. The van der Waals surface area contributed by atoms with E-state index in [9.17, 15) is 17.2 Å². The molecule has 0 saturated heterocycles. The molecule has 50 valence electrons. The molecule has 0 aromatic carbocycles. The van der Waals surface area contributed by atoms with Gasteiger partial charge in [0.2, 0.25) is 0 Å². The predicted octanol–water partition coefficient (Wildman–Crippen LogP) is -0.0946. The van der Waals surface area contributed by atoms with Gasteiger partial charge in [0.05, 0.1) is 0 Å². The molecule has 0 radical (unpaired) electrons. The second kappa shape index (κ2) is 3.77. The minimum Gasteiger partial charge on any atom is -0.250 e. The fraction of sp³-hybridized carbons (Fsp3) is 1.00. The van der Waals surface area contributed by atoms with Crippen molar-refractivity contribution in [2.45, 2.75) is 5.25 Å². The van der Waals surface area contributed by atoms with Crippen LogP contribution >= 0.6 is 0 Å². The number of hydrogen-bond acceptors (Lipinski definition) is 2. The van der Waals surface area contributed by atoms with Crippen LogP contribution in [-0.4, -0.2) is 27.0 Å². The number of halogens is 2. The Balaban J connectivity index is 3.70. The molecule has 0 aromatic rings. The summed E-state index contributed by atoms with van der Waals surface area (Å²) in [6.07, 6.45) is 0. The fourth-order valence-electron chi connectivity index (χ4n) is 0.154. The minimum atomic E-state index is -2.91. The topological polar surface area (TPSA) is 34.1 Å². The van der Waals surface area contributed by atoms with Crippen LogP contribution in [0.3, 0.4) is 0 Å². The highest BCUT2D eigenvalue weighted by molar-refractivity contribution is 7.73. The third kappa shape index (κ3) is 2.20. The van der Waals surface area contributed by atoms with Crippen molar-refractivity contribution in [2.24, 2.45) is 0 Å². The highest BCUT2D eigenvalue weighted by Crippen LogP contribution is 1.90. The quantitative estimate of drug-likeness (QED) is 0.561. The van der Waals surface area contributed by atoms with Gasteiger partial charge in [-0.05, 0) is 0 Å². The monoisotopic (exact) mass is 144 g/mol. The van der Waals surface area contributed by atoms with Crippen molar-refractivity contribution in [3.63, 3.8) is 0 Å². The second-order valence-corrected chi connectivity index (χ2v) is 2.55. The van der Waals surface area contributed by atoms with E-state index < -0.39 is 29.3 Å². The number of rotatable bonds is 3. The summed E-state index contributed by atoms with van der Waals surface area (Å²) in [6.45, 7) is -2.26. The lowest BCUT2D eigenvalue weighted by Gasteiger charge is -1.93. The van der Waals surface area contributed by atoms with E-state index in [1.54, 1.807) is 0 Å². The highest BCUT2D eigenvalue weighted by atomic mass is 32.2. The number of hydrogen-bond donors (Lipinski definition) is 1. The van der Waals surface area contributed by atoms with E-state index in [1.165, 1.54) is 0 Å². The third-order valence-corrected chi connectivity index (χ3v) is 1.53. The van der Waals surface area contributed by atoms with Gasteiger partial charge in [-0.15, -0.1) is 0 Å². The molecule has 0 aliphatic carbocycles. The first kappa shape index (κ1) is 7.81. The molecule has 0 unspecified atom stereocenters. The van der Waals surface area contributed by atoms with Crippen LogP contribution in [0.2, 0.25) is 0 Å². The van der Waals surface area contributed by atoms with Crippen molar-refractivity contribution in [3.8, 4) is 0 Å². The second-order valence-electron chi connectivity index (χ2n) is 1.25. The van der Waals surface area contributed by atoms with E-state index >= 15 is 0 Å². The lowest BCUT2D eigenvalue weighted by atomic mass is 10.5. The summed E-state index contributed by atoms with van der Waals surface area (Å²) in [6, 6.07) is 0. The summed E-state index contributed by atoms with van der Waals surface area (Å²) in [5.74, 6) is 0. The van der Waals surface area contributed by atoms with E-state index in [0.29, 0.717) is 0 Å². The average Bonchev–Trinajstić information content (AvgIpc) is 1.69. The molecule has 0 fully saturated rings. The van der Waals surface area contributed by atoms with Crippen molar-refractivity contribution in [3.05, 3.63) is 0 Å². The maximum atomic E-state index is 11.3. The molecule has 0 aliphatic heterocycles. The largest absolute Gasteiger partial charge is 0.250 e. The normalized spacial score (nSPS) is 11.0. The molecule has 0 atom stereocenters. The molecule has 0 rings (SSSR count). The third-order valence-electron chi connectivity index (χ3n) is 0.654. The van der Waals surface area contributed by atoms with Gasteiger partial charge in [-0.2, -0.15) is 0 Å². The van der Waals surface area contributed by atoms with E-state index in [1.807, 2.05) is 0 Å². The molecule has 0 aliphatic rings. The van der Waals surface area contributed by atoms with Gasteiger partial charge < -0.3 is 0 Å². The standard InChI is InChI=1S/C3H6F2O2S/c4-1-3(2-5)8(6)7/h3,8H,1-2H2. The van der Waals surface area contributed by atoms with Gasteiger partial charge in [0.15, 0.2) is 0 Å². The molecule has 2 nitrogen and oxygen atoms in total. The Hall–Kier alpha value is -0.190.